The van der Waals surface area contributed by atoms with Crippen molar-refractivity contribution in [3.05, 3.63) is 66.2 Å². The zero-order chi connectivity index (χ0) is 23.3. The normalized spacial score (nSPS) is 17.5. The second kappa shape index (κ2) is 10.1. The highest BCUT2D eigenvalue weighted by Crippen LogP contribution is 2.39. The van der Waals surface area contributed by atoms with Crippen molar-refractivity contribution in [1.29, 1.82) is 0 Å². The smallest absolute Gasteiger partial charge is 0.253 e. The highest BCUT2D eigenvalue weighted by atomic mass is 16.2. The molecule has 0 aromatic heterocycles. The van der Waals surface area contributed by atoms with Crippen LogP contribution in [0, 0.1) is 0 Å². The molecule has 2 aromatic carbocycles. The van der Waals surface area contributed by atoms with Gasteiger partial charge in [-0.1, -0.05) is 49.7 Å². The van der Waals surface area contributed by atoms with Gasteiger partial charge in [0.25, 0.3) is 11.8 Å². The number of hydrogen-bond acceptors (Lipinski definition) is 4. The molecule has 2 aromatic rings. The Morgan fingerprint density at radius 3 is 2.24 bits per heavy atom. The predicted molar refractivity (Wildman–Crippen MR) is 128 cm³/mol. The lowest BCUT2D eigenvalue weighted by molar-refractivity contribution is -0.137. The maximum Gasteiger partial charge on any atom is 0.253 e. The molecule has 3 amide bonds. The molecule has 1 N–H and O–H groups in total. The van der Waals surface area contributed by atoms with Gasteiger partial charge in [0, 0.05) is 30.9 Å². The monoisotopic (exact) mass is 448 g/mol. The van der Waals surface area contributed by atoms with Crippen molar-refractivity contribution in [2.45, 2.75) is 38.1 Å². The first kappa shape index (κ1) is 22.8. The van der Waals surface area contributed by atoms with E-state index in [0.29, 0.717) is 44.7 Å². The molecule has 2 saturated heterocycles. The summed E-state index contributed by atoms with van der Waals surface area (Å²) in [6.45, 7) is 4.13. The zero-order valence-electron chi connectivity index (χ0n) is 19.2. The molecule has 2 aliphatic heterocycles. The second-order valence-electron chi connectivity index (χ2n) is 8.80. The minimum absolute atomic E-state index is 0.00526. The van der Waals surface area contributed by atoms with Crippen molar-refractivity contribution in [1.82, 2.24) is 15.1 Å². The van der Waals surface area contributed by atoms with Gasteiger partial charge in [-0.05, 0) is 43.5 Å². The number of piperidine rings is 1. The van der Waals surface area contributed by atoms with Gasteiger partial charge in [0.15, 0.2) is 0 Å². The molecule has 174 valence electrons. The van der Waals surface area contributed by atoms with Gasteiger partial charge in [-0.15, -0.1) is 0 Å². The van der Waals surface area contributed by atoms with Crippen LogP contribution in [0.1, 0.15) is 43.0 Å². The summed E-state index contributed by atoms with van der Waals surface area (Å²) in [7, 11) is 0. The van der Waals surface area contributed by atoms with Crippen molar-refractivity contribution in [2.24, 2.45) is 0 Å². The third-order valence-electron chi connectivity index (χ3n) is 6.67. The maximum absolute atomic E-state index is 13.7. The molecule has 0 radical (unpaired) electrons. The number of amides is 3. The lowest BCUT2D eigenvalue weighted by Crippen LogP contribution is -2.57. The number of hydrogen-bond donors (Lipinski definition) is 1. The summed E-state index contributed by atoms with van der Waals surface area (Å²) < 4.78 is 0. The number of rotatable bonds is 7. The molecule has 7 nitrogen and oxygen atoms in total. The van der Waals surface area contributed by atoms with E-state index in [1.807, 2.05) is 65.6 Å². The van der Waals surface area contributed by atoms with Gasteiger partial charge in [-0.25, -0.2) is 0 Å². The number of anilines is 1. The van der Waals surface area contributed by atoms with Crippen LogP contribution in [0.2, 0.25) is 0 Å². The van der Waals surface area contributed by atoms with Gasteiger partial charge in [0.05, 0.1) is 6.67 Å². The number of unbranched alkanes of at least 4 members (excludes halogenated alkanes) is 1. The van der Waals surface area contributed by atoms with Crippen LogP contribution in [0.25, 0.3) is 0 Å². The minimum Gasteiger partial charge on any atom is -0.355 e. The van der Waals surface area contributed by atoms with Crippen LogP contribution in [0.3, 0.4) is 0 Å². The van der Waals surface area contributed by atoms with E-state index in [4.69, 9.17) is 0 Å². The van der Waals surface area contributed by atoms with E-state index in [1.165, 1.54) is 0 Å². The van der Waals surface area contributed by atoms with Crippen molar-refractivity contribution >= 4 is 23.4 Å². The molecule has 1 spiro atoms. The molecule has 0 saturated carbocycles. The lowest BCUT2D eigenvalue weighted by atomic mass is 9.85. The average Bonchev–Trinajstić information content (AvgIpc) is 3.11. The van der Waals surface area contributed by atoms with Gasteiger partial charge in [-0.3, -0.25) is 14.4 Å². The fraction of sp³-hybridized carbons (Fsp3) is 0.423. The van der Waals surface area contributed by atoms with E-state index < -0.39 is 5.54 Å². The molecule has 0 atom stereocenters. The number of nitrogens with one attached hydrogen (secondary N) is 1. The van der Waals surface area contributed by atoms with E-state index in [0.717, 1.165) is 18.5 Å². The van der Waals surface area contributed by atoms with E-state index in [9.17, 15) is 14.4 Å². The summed E-state index contributed by atoms with van der Waals surface area (Å²) in [4.78, 5) is 44.7. The summed E-state index contributed by atoms with van der Waals surface area (Å²) in [6.07, 6.45) is 3.00. The molecule has 0 unspecified atom stereocenters. The quantitative estimate of drug-likeness (QED) is 0.661. The fourth-order valence-corrected chi connectivity index (χ4v) is 4.80. The number of para-hydroxylation sites is 1. The molecule has 33 heavy (non-hydrogen) atoms. The number of carbonyl (C=O) groups excluding carboxylic acids is 3. The number of likely N-dealkylation sites (tertiary alicyclic amines) is 1. The third-order valence-corrected chi connectivity index (χ3v) is 6.67. The summed E-state index contributed by atoms with van der Waals surface area (Å²) >= 11 is 0. The van der Waals surface area contributed by atoms with Crippen LogP contribution in [-0.2, 0) is 9.59 Å². The second-order valence-corrected chi connectivity index (χ2v) is 8.80. The summed E-state index contributed by atoms with van der Waals surface area (Å²) in [5.74, 6) is -0.156. The van der Waals surface area contributed by atoms with Crippen LogP contribution in [0.15, 0.2) is 60.7 Å². The molecule has 7 heteroatoms. The average molecular weight is 449 g/mol. The largest absolute Gasteiger partial charge is 0.355 e. The predicted octanol–water partition coefficient (Wildman–Crippen LogP) is 2.88. The maximum atomic E-state index is 13.7. The Balaban J connectivity index is 1.51. The molecular weight excluding hydrogens is 416 g/mol. The molecule has 0 bridgehead atoms. The van der Waals surface area contributed by atoms with Gasteiger partial charge in [0.1, 0.15) is 12.1 Å². The van der Waals surface area contributed by atoms with E-state index in [-0.39, 0.29) is 24.3 Å². The zero-order valence-corrected chi connectivity index (χ0v) is 19.2. The fourth-order valence-electron chi connectivity index (χ4n) is 4.80. The Hall–Kier alpha value is -3.35. The molecule has 2 aliphatic rings. The van der Waals surface area contributed by atoms with Crippen LogP contribution in [0.5, 0.6) is 0 Å². The van der Waals surface area contributed by atoms with Gasteiger partial charge >= 0.3 is 0 Å². The number of carbonyl (C=O) groups is 3. The summed E-state index contributed by atoms with van der Waals surface area (Å²) in [5, 5.41) is 2.91. The topological polar surface area (TPSA) is 73.0 Å². The Bertz CT molecular complexity index is 972. The van der Waals surface area contributed by atoms with E-state index in [1.54, 1.807) is 4.90 Å². The van der Waals surface area contributed by atoms with Crippen molar-refractivity contribution in [3.8, 4) is 0 Å². The SMILES string of the molecule is CCCCNC(=O)CN1CN(c2ccccc2)C2(CCN(C(=O)c3ccccc3)CC2)C1=O. The first-order valence-electron chi connectivity index (χ1n) is 11.8. The van der Waals surface area contributed by atoms with Crippen molar-refractivity contribution in [3.63, 3.8) is 0 Å². The number of benzene rings is 2. The first-order chi connectivity index (χ1) is 16.0. The summed E-state index contributed by atoms with van der Waals surface area (Å²) in [5.41, 5.74) is 0.887. The van der Waals surface area contributed by atoms with Crippen LogP contribution in [-0.4, -0.2) is 65.9 Å². The van der Waals surface area contributed by atoms with E-state index in [2.05, 4.69) is 17.1 Å². The Morgan fingerprint density at radius 1 is 0.970 bits per heavy atom. The highest BCUT2D eigenvalue weighted by Gasteiger charge is 2.54. The van der Waals surface area contributed by atoms with Crippen LogP contribution >= 0.6 is 0 Å². The molecule has 2 heterocycles. The Labute approximate surface area is 195 Å². The Kier molecular flexibility index (Phi) is 6.96. The number of nitrogens with zero attached hydrogens (tertiary/aromatic N) is 3. The lowest BCUT2D eigenvalue weighted by Gasteiger charge is -2.43. The minimum atomic E-state index is -0.738. The highest BCUT2D eigenvalue weighted by molar-refractivity contribution is 5.97. The first-order valence-corrected chi connectivity index (χ1v) is 11.8. The molecule has 2 fully saturated rings. The van der Waals surface area contributed by atoms with Gasteiger partial charge < -0.3 is 20.0 Å². The van der Waals surface area contributed by atoms with Gasteiger partial charge in [-0.2, -0.15) is 0 Å². The Morgan fingerprint density at radius 2 is 1.61 bits per heavy atom. The molecule has 0 aliphatic carbocycles. The summed E-state index contributed by atoms with van der Waals surface area (Å²) in [6, 6.07) is 19.1. The van der Waals surface area contributed by atoms with Crippen molar-refractivity contribution < 1.29 is 14.4 Å². The van der Waals surface area contributed by atoms with Crippen LogP contribution < -0.4 is 10.2 Å². The molecular formula is C26H32N4O3. The van der Waals surface area contributed by atoms with E-state index >= 15 is 0 Å². The van der Waals surface area contributed by atoms with Crippen molar-refractivity contribution in [2.75, 3.05) is 37.7 Å². The third kappa shape index (κ3) is 4.72. The molecule has 4 rings (SSSR count). The van der Waals surface area contributed by atoms with Gasteiger partial charge in [0.2, 0.25) is 5.91 Å². The standard InChI is InChI=1S/C26H32N4O3/c1-2-3-16-27-23(31)19-29-20-30(22-12-8-5-9-13-22)26(25(29)33)14-17-28(18-15-26)24(32)21-10-6-4-7-11-21/h4-13H,2-3,14-20H2,1H3,(H,27,31). The van der Waals surface area contributed by atoms with Crippen LogP contribution in [0.4, 0.5) is 5.69 Å².